The van der Waals surface area contributed by atoms with Gasteiger partial charge in [0.15, 0.2) is 0 Å². The molecule has 0 aliphatic rings. The molecule has 1 unspecified atom stereocenters. The summed E-state index contributed by atoms with van der Waals surface area (Å²) in [5.41, 5.74) is 0.686. The smallest absolute Gasteiger partial charge is 0.00967 e. The second kappa shape index (κ2) is 5.16. The molecule has 86 valence electrons. The Morgan fingerprint density at radius 1 is 1.07 bits per heavy atom. The standard InChI is InChI=1S/C13H29N/c1-8-9-13(7,11(2)3)10-14-12(4,5)6/h11,14H,8-10H2,1-7H3. The van der Waals surface area contributed by atoms with Crippen LogP contribution in [0.3, 0.4) is 0 Å². The van der Waals surface area contributed by atoms with Gasteiger partial charge >= 0.3 is 0 Å². The van der Waals surface area contributed by atoms with Crippen LogP contribution in [0.4, 0.5) is 0 Å². The van der Waals surface area contributed by atoms with Crippen LogP contribution < -0.4 is 5.32 Å². The van der Waals surface area contributed by atoms with Crippen LogP contribution in [0.25, 0.3) is 0 Å². The van der Waals surface area contributed by atoms with Crippen molar-refractivity contribution in [3.63, 3.8) is 0 Å². The maximum absolute atomic E-state index is 3.63. The number of hydrogen-bond acceptors (Lipinski definition) is 1. The summed E-state index contributed by atoms with van der Waals surface area (Å²) < 4.78 is 0. The van der Waals surface area contributed by atoms with Gasteiger partial charge in [0.25, 0.3) is 0 Å². The molecule has 0 aliphatic carbocycles. The Morgan fingerprint density at radius 2 is 1.57 bits per heavy atom. The molecule has 0 radical (unpaired) electrons. The Labute approximate surface area is 90.7 Å². The highest BCUT2D eigenvalue weighted by Crippen LogP contribution is 2.31. The maximum Gasteiger partial charge on any atom is 0.00967 e. The van der Waals surface area contributed by atoms with E-state index < -0.39 is 0 Å². The zero-order valence-corrected chi connectivity index (χ0v) is 11.2. The molecule has 0 fully saturated rings. The third-order valence-corrected chi connectivity index (χ3v) is 3.24. The van der Waals surface area contributed by atoms with Crippen molar-refractivity contribution < 1.29 is 0 Å². The fraction of sp³-hybridized carbons (Fsp3) is 1.00. The first kappa shape index (κ1) is 14.0. The third-order valence-electron chi connectivity index (χ3n) is 3.24. The molecule has 0 bridgehead atoms. The van der Waals surface area contributed by atoms with E-state index in [1.54, 1.807) is 0 Å². The van der Waals surface area contributed by atoms with E-state index in [4.69, 9.17) is 0 Å². The average Bonchev–Trinajstić information content (AvgIpc) is 2.00. The Bertz CT molecular complexity index is 155. The summed E-state index contributed by atoms with van der Waals surface area (Å²) in [6, 6.07) is 0. The van der Waals surface area contributed by atoms with Crippen molar-refractivity contribution in [3.8, 4) is 0 Å². The molecular formula is C13H29N. The number of hydrogen-bond donors (Lipinski definition) is 1. The molecule has 1 nitrogen and oxygen atoms in total. The predicted octanol–water partition coefficient (Wildman–Crippen LogP) is 3.84. The van der Waals surface area contributed by atoms with Crippen LogP contribution >= 0.6 is 0 Å². The van der Waals surface area contributed by atoms with E-state index in [-0.39, 0.29) is 5.54 Å². The van der Waals surface area contributed by atoms with Crippen LogP contribution in [0.2, 0.25) is 0 Å². The summed E-state index contributed by atoms with van der Waals surface area (Å²) in [6.45, 7) is 17.2. The van der Waals surface area contributed by atoms with Crippen LogP contribution in [0.15, 0.2) is 0 Å². The van der Waals surface area contributed by atoms with Gasteiger partial charge in [0.1, 0.15) is 0 Å². The molecule has 0 aromatic heterocycles. The van der Waals surface area contributed by atoms with Crippen molar-refractivity contribution in [2.75, 3.05) is 6.54 Å². The molecule has 1 heteroatoms. The van der Waals surface area contributed by atoms with Crippen LogP contribution in [0, 0.1) is 11.3 Å². The van der Waals surface area contributed by atoms with Crippen LogP contribution in [0.1, 0.15) is 61.3 Å². The molecule has 0 aromatic rings. The lowest BCUT2D eigenvalue weighted by Gasteiger charge is -2.37. The van der Waals surface area contributed by atoms with Crippen molar-refractivity contribution >= 4 is 0 Å². The third kappa shape index (κ3) is 4.99. The Morgan fingerprint density at radius 3 is 1.86 bits per heavy atom. The largest absolute Gasteiger partial charge is 0.312 e. The van der Waals surface area contributed by atoms with E-state index in [9.17, 15) is 0 Å². The van der Waals surface area contributed by atoms with E-state index in [1.807, 2.05) is 0 Å². The Hall–Kier alpha value is -0.0400. The van der Waals surface area contributed by atoms with E-state index >= 15 is 0 Å². The van der Waals surface area contributed by atoms with Gasteiger partial charge in [0, 0.05) is 12.1 Å². The number of nitrogens with one attached hydrogen (secondary N) is 1. The van der Waals surface area contributed by atoms with Gasteiger partial charge in [-0.1, -0.05) is 34.1 Å². The lowest BCUT2D eigenvalue weighted by molar-refractivity contribution is 0.172. The number of rotatable bonds is 5. The van der Waals surface area contributed by atoms with Crippen LogP contribution in [0.5, 0.6) is 0 Å². The SMILES string of the molecule is CCCC(C)(CNC(C)(C)C)C(C)C. The topological polar surface area (TPSA) is 12.0 Å². The summed E-state index contributed by atoms with van der Waals surface area (Å²) in [6.07, 6.45) is 2.59. The van der Waals surface area contributed by atoms with Crippen molar-refractivity contribution in [1.82, 2.24) is 5.32 Å². The summed E-state index contributed by atoms with van der Waals surface area (Å²) >= 11 is 0. The maximum atomic E-state index is 3.63. The highest BCUT2D eigenvalue weighted by molar-refractivity contribution is 4.83. The molecule has 0 rings (SSSR count). The molecule has 0 aromatic carbocycles. The zero-order chi connectivity index (χ0) is 11.4. The van der Waals surface area contributed by atoms with Crippen molar-refractivity contribution in [2.24, 2.45) is 11.3 Å². The quantitative estimate of drug-likeness (QED) is 0.709. The molecule has 14 heavy (non-hydrogen) atoms. The Balaban J connectivity index is 4.24. The van der Waals surface area contributed by atoms with Gasteiger partial charge < -0.3 is 5.32 Å². The summed E-state index contributed by atoms with van der Waals surface area (Å²) in [5, 5.41) is 3.63. The normalized spacial score (nSPS) is 17.1. The zero-order valence-electron chi connectivity index (χ0n) is 11.2. The highest BCUT2D eigenvalue weighted by atomic mass is 15.0. The second-order valence-corrected chi connectivity index (χ2v) is 6.16. The molecule has 0 heterocycles. The van der Waals surface area contributed by atoms with Gasteiger partial charge in [-0.15, -0.1) is 0 Å². The summed E-state index contributed by atoms with van der Waals surface area (Å²) in [5.74, 6) is 0.747. The van der Waals surface area contributed by atoms with Gasteiger partial charge in [0.05, 0.1) is 0 Å². The van der Waals surface area contributed by atoms with Gasteiger partial charge in [-0.05, 0) is 38.5 Å². The van der Waals surface area contributed by atoms with E-state index in [2.05, 4.69) is 53.8 Å². The molecule has 0 spiro atoms. The molecular weight excluding hydrogens is 170 g/mol. The summed E-state index contributed by atoms with van der Waals surface area (Å²) in [4.78, 5) is 0. The molecule has 0 saturated carbocycles. The monoisotopic (exact) mass is 199 g/mol. The summed E-state index contributed by atoms with van der Waals surface area (Å²) in [7, 11) is 0. The molecule has 1 N–H and O–H groups in total. The lowest BCUT2D eigenvalue weighted by Crippen LogP contribution is -2.44. The fourth-order valence-corrected chi connectivity index (χ4v) is 1.62. The van der Waals surface area contributed by atoms with Crippen molar-refractivity contribution in [2.45, 2.75) is 66.8 Å². The first-order valence-electron chi connectivity index (χ1n) is 5.96. The van der Waals surface area contributed by atoms with Crippen LogP contribution in [-0.2, 0) is 0 Å². The van der Waals surface area contributed by atoms with E-state index in [1.165, 1.54) is 12.8 Å². The minimum atomic E-state index is 0.240. The van der Waals surface area contributed by atoms with Crippen molar-refractivity contribution in [1.29, 1.82) is 0 Å². The fourth-order valence-electron chi connectivity index (χ4n) is 1.62. The molecule has 0 amide bonds. The minimum Gasteiger partial charge on any atom is -0.312 e. The molecule has 1 atom stereocenters. The lowest BCUT2D eigenvalue weighted by atomic mass is 9.75. The van der Waals surface area contributed by atoms with Gasteiger partial charge in [-0.3, -0.25) is 0 Å². The second-order valence-electron chi connectivity index (χ2n) is 6.16. The first-order chi connectivity index (χ1) is 6.21. The average molecular weight is 199 g/mol. The first-order valence-corrected chi connectivity index (χ1v) is 5.96. The molecule has 0 saturated heterocycles. The van der Waals surface area contributed by atoms with E-state index in [0.717, 1.165) is 12.5 Å². The van der Waals surface area contributed by atoms with Crippen LogP contribution in [-0.4, -0.2) is 12.1 Å². The van der Waals surface area contributed by atoms with Gasteiger partial charge in [-0.25, -0.2) is 0 Å². The van der Waals surface area contributed by atoms with Gasteiger partial charge in [0.2, 0.25) is 0 Å². The predicted molar refractivity (Wildman–Crippen MR) is 65.6 cm³/mol. The Kier molecular flexibility index (Phi) is 5.14. The highest BCUT2D eigenvalue weighted by Gasteiger charge is 2.28. The minimum absolute atomic E-state index is 0.240. The van der Waals surface area contributed by atoms with Gasteiger partial charge in [-0.2, -0.15) is 0 Å². The molecule has 0 aliphatic heterocycles. The van der Waals surface area contributed by atoms with Crippen molar-refractivity contribution in [3.05, 3.63) is 0 Å². The van der Waals surface area contributed by atoms with E-state index in [0.29, 0.717) is 5.41 Å².